The Balaban J connectivity index is 1.71. The Hall–Kier alpha value is -1.96. The number of aromatic nitrogens is 1. The molecule has 3 rings (SSSR count). The molecule has 1 unspecified atom stereocenters. The Labute approximate surface area is 164 Å². The van der Waals surface area contributed by atoms with Crippen LogP contribution < -0.4 is 14.8 Å². The summed E-state index contributed by atoms with van der Waals surface area (Å²) in [6.07, 6.45) is 0. The van der Waals surface area contributed by atoms with Gasteiger partial charge < -0.3 is 14.8 Å². The van der Waals surface area contributed by atoms with Gasteiger partial charge in [0.1, 0.15) is 11.5 Å². The lowest BCUT2D eigenvalue weighted by atomic mass is 10.2. The molecule has 5 nitrogen and oxygen atoms in total. The molecular weight excluding hydrogens is 392 g/mol. The van der Waals surface area contributed by atoms with Crippen LogP contribution in [0.25, 0.3) is 10.2 Å². The fourth-order valence-electron chi connectivity index (χ4n) is 2.26. The zero-order chi connectivity index (χ0) is 18.7. The first-order valence-electron chi connectivity index (χ1n) is 7.75. The summed E-state index contributed by atoms with van der Waals surface area (Å²) in [5.41, 5.74) is 1.46. The van der Waals surface area contributed by atoms with E-state index in [0.717, 1.165) is 14.6 Å². The Bertz CT molecular complexity index is 923. The molecule has 1 aromatic heterocycles. The van der Waals surface area contributed by atoms with Crippen LogP contribution in [0.4, 0.5) is 5.69 Å². The minimum absolute atomic E-state index is 0.123. The minimum atomic E-state index is -0.316. The molecule has 0 fully saturated rings. The number of hydrogen-bond donors (Lipinski definition) is 1. The van der Waals surface area contributed by atoms with Gasteiger partial charge in [-0.2, -0.15) is 0 Å². The van der Waals surface area contributed by atoms with Gasteiger partial charge in [0, 0.05) is 28.9 Å². The Morgan fingerprint density at radius 2 is 1.88 bits per heavy atom. The molecule has 0 saturated heterocycles. The van der Waals surface area contributed by atoms with E-state index in [0.29, 0.717) is 22.2 Å². The second-order valence-electron chi connectivity index (χ2n) is 5.44. The average Bonchev–Trinajstić information content (AvgIpc) is 3.02. The quantitative estimate of drug-likeness (QED) is 0.576. The molecule has 136 valence electrons. The number of hydrogen-bond acceptors (Lipinski definition) is 6. The number of amides is 1. The van der Waals surface area contributed by atoms with Gasteiger partial charge in [-0.1, -0.05) is 23.4 Å². The summed E-state index contributed by atoms with van der Waals surface area (Å²) in [4.78, 5) is 17.1. The third-order valence-corrected chi connectivity index (χ3v) is 6.06. The summed E-state index contributed by atoms with van der Waals surface area (Å²) in [6.45, 7) is 1.84. The smallest absolute Gasteiger partial charge is 0.237 e. The van der Waals surface area contributed by atoms with Gasteiger partial charge in [0.2, 0.25) is 5.91 Å². The van der Waals surface area contributed by atoms with Crippen LogP contribution in [0.2, 0.25) is 5.02 Å². The van der Waals surface area contributed by atoms with Crippen LogP contribution in [-0.2, 0) is 4.79 Å². The molecular formula is C18H17ClN2O3S2. The van der Waals surface area contributed by atoms with Crippen molar-refractivity contribution in [2.45, 2.75) is 16.5 Å². The van der Waals surface area contributed by atoms with Crippen molar-refractivity contribution in [2.24, 2.45) is 0 Å². The molecule has 8 heteroatoms. The van der Waals surface area contributed by atoms with Crippen molar-refractivity contribution >= 4 is 56.5 Å². The summed E-state index contributed by atoms with van der Waals surface area (Å²) in [5, 5.41) is 3.22. The zero-order valence-electron chi connectivity index (χ0n) is 14.4. The lowest BCUT2D eigenvalue weighted by Crippen LogP contribution is -2.22. The number of nitrogens with one attached hydrogen (secondary N) is 1. The molecule has 0 saturated carbocycles. The predicted octanol–water partition coefficient (Wildman–Crippen LogP) is 5.09. The van der Waals surface area contributed by atoms with E-state index < -0.39 is 0 Å². The van der Waals surface area contributed by atoms with E-state index in [1.165, 1.54) is 11.8 Å². The van der Waals surface area contributed by atoms with E-state index in [2.05, 4.69) is 10.3 Å². The molecule has 1 heterocycles. The SMILES string of the molecule is COc1cc(NC(=O)C(C)Sc2nc3cc(Cl)ccc3s2)cc(OC)c1. The van der Waals surface area contributed by atoms with E-state index >= 15 is 0 Å². The van der Waals surface area contributed by atoms with Crippen molar-refractivity contribution in [1.82, 2.24) is 4.98 Å². The highest BCUT2D eigenvalue weighted by Crippen LogP contribution is 2.34. The highest BCUT2D eigenvalue weighted by molar-refractivity contribution is 8.02. The molecule has 1 amide bonds. The normalized spacial score (nSPS) is 12.0. The van der Waals surface area contributed by atoms with E-state index in [9.17, 15) is 4.79 Å². The van der Waals surface area contributed by atoms with Gasteiger partial charge in [-0.05, 0) is 25.1 Å². The molecule has 2 aromatic carbocycles. The fraction of sp³-hybridized carbons (Fsp3) is 0.222. The lowest BCUT2D eigenvalue weighted by Gasteiger charge is -2.12. The van der Waals surface area contributed by atoms with E-state index in [-0.39, 0.29) is 11.2 Å². The highest BCUT2D eigenvalue weighted by atomic mass is 35.5. The molecule has 0 aliphatic heterocycles. The summed E-state index contributed by atoms with van der Waals surface area (Å²) in [6, 6.07) is 10.8. The first kappa shape index (κ1) is 18.8. The lowest BCUT2D eigenvalue weighted by molar-refractivity contribution is -0.115. The maximum atomic E-state index is 12.5. The van der Waals surface area contributed by atoms with Gasteiger partial charge in [-0.25, -0.2) is 4.98 Å². The van der Waals surface area contributed by atoms with Crippen molar-refractivity contribution in [3.8, 4) is 11.5 Å². The number of thioether (sulfide) groups is 1. The molecule has 0 bridgehead atoms. The Morgan fingerprint density at radius 1 is 1.19 bits per heavy atom. The van der Waals surface area contributed by atoms with Crippen LogP contribution in [0.15, 0.2) is 40.7 Å². The summed E-state index contributed by atoms with van der Waals surface area (Å²) in [5.74, 6) is 1.11. The zero-order valence-corrected chi connectivity index (χ0v) is 16.8. The molecule has 26 heavy (non-hydrogen) atoms. The van der Waals surface area contributed by atoms with E-state index in [4.69, 9.17) is 21.1 Å². The monoisotopic (exact) mass is 408 g/mol. The van der Waals surface area contributed by atoms with Crippen molar-refractivity contribution in [1.29, 1.82) is 0 Å². The predicted molar refractivity (Wildman–Crippen MR) is 108 cm³/mol. The van der Waals surface area contributed by atoms with Crippen molar-refractivity contribution in [3.63, 3.8) is 0 Å². The van der Waals surface area contributed by atoms with Crippen LogP contribution >= 0.6 is 34.7 Å². The topological polar surface area (TPSA) is 60.5 Å². The number of ether oxygens (including phenoxy) is 2. The molecule has 0 radical (unpaired) electrons. The Kier molecular flexibility index (Phi) is 5.90. The van der Waals surface area contributed by atoms with E-state index in [1.807, 2.05) is 25.1 Å². The Morgan fingerprint density at radius 3 is 2.54 bits per heavy atom. The number of thiazole rings is 1. The number of carbonyl (C=O) groups excluding carboxylic acids is 1. The number of rotatable bonds is 6. The molecule has 1 N–H and O–H groups in total. The van der Waals surface area contributed by atoms with Crippen LogP contribution in [0.1, 0.15) is 6.92 Å². The molecule has 0 spiro atoms. The third-order valence-electron chi connectivity index (χ3n) is 3.60. The third kappa shape index (κ3) is 4.41. The second kappa shape index (κ2) is 8.16. The second-order valence-corrected chi connectivity index (χ2v) is 8.50. The van der Waals surface area contributed by atoms with Gasteiger partial charge in [-0.15, -0.1) is 11.3 Å². The number of nitrogens with zero attached hydrogens (tertiary/aromatic N) is 1. The molecule has 0 aliphatic rings. The average molecular weight is 409 g/mol. The molecule has 3 aromatic rings. The maximum Gasteiger partial charge on any atom is 0.237 e. The van der Waals surface area contributed by atoms with Crippen LogP contribution in [0.5, 0.6) is 11.5 Å². The summed E-state index contributed by atoms with van der Waals surface area (Å²) < 4.78 is 12.3. The van der Waals surface area contributed by atoms with Gasteiger partial charge in [0.05, 0.1) is 29.7 Å². The largest absolute Gasteiger partial charge is 0.497 e. The fourth-order valence-corrected chi connectivity index (χ4v) is 4.62. The number of anilines is 1. The number of halogens is 1. The number of methoxy groups -OCH3 is 2. The van der Waals surface area contributed by atoms with Crippen LogP contribution in [0, 0.1) is 0 Å². The van der Waals surface area contributed by atoms with Crippen LogP contribution in [0.3, 0.4) is 0 Å². The van der Waals surface area contributed by atoms with Gasteiger partial charge in [-0.3, -0.25) is 4.79 Å². The van der Waals surface area contributed by atoms with Crippen LogP contribution in [-0.4, -0.2) is 30.4 Å². The number of fused-ring (bicyclic) bond motifs is 1. The number of carbonyl (C=O) groups is 1. The van der Waals surface area contributed by atoms with Gasteiger partial charge in [0.15, 0.2) is 4.34 Å². The maximum absolute atomic E-state index is 12.5. The van der Waals surface area contributed by atoms with Crippen molar-refractivity contribution in [2.75, 3.05) is 19.5 Å². The van der Waals surface area contributed by atoms with Gasteiger partial charge in [0.25, 0.3) is 0 Å². The van der Waals surface area contributed by atoms with Crippen molar-refractivity contribution in [3.05, 3.63) is 41.4 Å². The van der Waals surface area contributed by atoms with E-state index in [1.54, 1.807) is 43.8 Å². The van der Waals surface area contributed by atoms with Gasteiger partial charge >= 0.3 is 0 Å². The minimum Gasteiger partial charge on any atom is -0.497 e. The first-order valence-corrected chi connectivity index (χ1v) is 9.82. The molecule has 0 aliphatic carbocycles. The molecule has 1 atom stereocenters. The number of benzene rings is 2. The highest BCUT2D eigenvalue weighted by Gasteiger charge is 2.18. The standard InChI is InChI=1S/C18H17ClN2O3S2/c1-10(25-18-21-15-6-11(19)4-5-16(15)26-18)17(22)20-12-7-13(23-2)9-14(8-12)24-3/h4-10H,1-3H3,(H,20,22). The first-order chi connectivity index (χ1) is 12.5. The summed E-state index contributed by atoms with van der Waals surface area (Å²) >= 11 is 8.95. The van der Waals surface area contributed by atoms with Crippen molar-refractivity contribution < 1.29 is 14.3 Å². The summed E-state index contributed by atoms with van der Waals surface area (Å²) in [7, 11) is 3.14.